The Morgan fingerprint density at radius 1 is 1.25 bits per heavy atom. The number of hydrogen-bond acceptors (Lipinski definition) is 2. The Morgan fingerprint density at radius 3 is 2.62 bits per heavy atom. The average molecular weight is 224 g/mol. The molecule has 2 aliphatic rings. The minimum Gasteiger partial charge on any atom is -0.330 e. The second kappa shape index (κ2) is 5.50. The summed E-state index contributed by atoms with van der Waals surface area (Å²) in [6.45, 7) is 4.34. The van der Waals surface area contributed by atoms with Crippen molar-refractivity contribution in [3.63, 3.8) is 0 Å². The molecule has 0 aromatic carbocycles. The summed E-state index contributed by atoms with van der Waals surface area (Å²) in [5.74, 6) is 0.975. The Balaban J connectivity index is 1.71. The summed E-state index contributed by atoms with van der Waals surface area (Å²) in [5.41, 5.74) is 6.44. The maximum absolute atomic E-state index is 6.00. The first kappa shape index (κ1) is 12.4. The van der Waals surface area contributed by atoms with E-state index in [9.17, 15) is 0 Å². The quantitative estimate of drug-likeness (QED) is 0.728. The van der Waals surface area contributed by atoms with E-state index in [4.69, 9.17) is 5.73 Å². The lowest BCUT2D eigenvalue weighted by molar-refractivity contribution is 0.190. The van der Waals surface area contributed by atoms with Crippen molar-refractivity contribution in [3.8, 4) is 0 Å². The fourth-order valence-electron chi connectivity index (χ4n) is 3.29. The molecule has 2 rings (SSSR count). The summed E-state index contributed by atoms with van der Waals surface area (Å²) in [7, 11) is 0. The fourth-order valence-corrected chi connectivity index (χ4v) is 3.29. The van der Waals surface area contributed by atoms with Crippen molar-refractivity contribution in [1.82, 2.24) is 5.32 Å². The molecule has 0 aromatic rings. The molecule has 2 nitrogen and oxygen atoms in total. The van der Waals surface area contributed by atoms with E-state index >= 15 is 0 Å². The topological polar surface area (TPSA) is 38.0 Å². The summed E-state index contributed by atoms with van der Waals surface area (Å²) in [6, 6.07) is 0.824. The van der Waals surface area contributed by atoms with Crippen LogP contribution in [0.3, 0.4) is 0 Å². The van der Waals surface area contributed by atoms with Crippen LogP contribution in [0.15, 0.2) is 0 Å². The third-order valence-corrected chi connectivity index (χ3v) is 4.67. The molecule has 2 unspecified atom stereocenters. The van der Waals surface area contributed by atoms with Gasteiger partial charge in [0.2, 0.25) is 0 Å². The maximum Gasteiger partial charge on any atom is 0.00993 e. The van der Waals surface area contributed by atoms with Crippen LogP contribution in [-0.4, -0.2) is 19.1 Å². The Hall–Kier alpha value is -0.0800. The van der Waals surface area contributed by atoms with Crippen molar-refractivity contribution in [2.75, 3.05) is 13.1 Å². The molecule has 94 valence electrons. The molecule has 0 aliphatic heterocycles. The number of hydrogen-bond donors (Lipinski definition) is 2. The standard InChI is InChI=1S/C14H28N2/c1-2-6-12-9-13(12)16-11-14(10-15)7-4-3-5-8-14/h12-13,16H,2-11,15H2,1H3. The molecule has 0 saturated heterocycles. The summed E-state index contributed by atoms with van der Waals surface area (Å²) in [4.78, 5) is 0. The van der Waals surface area contributed by atoms with Crippen molar-refractivity contribution < 1.29 is 0 Å². The van der Waals surface area contributed by atoms with Crippen molar-refractivity contribution in [2.24, 2.45) is 17.1 Å². The van der Waals surface area contributed by atoms with Gasteiger partial charge in [-0.25, -0.2) is 0 Å². The van der Waals surface area contributed by atoms with E-state index in [1.165, 1.54) is 57.9 Å². The zero-order valence-electron chi connectivity index (χ0n) is 10.8. The zero-order chi connectivity index (χ0) is 11.4. The molecular weight excluding hydrogens is 196 g/mol. The Kier molecular flexibility index (Phi) is 4.26. The van der Waals surface area contributed by atoms with Crippen LogP contribution in [0.25, 0.3) is 0 Å². The van der Waals surface area contributed by atoms with Crippen LogP contribution in [0.5, 0.6) is 0 Å². The lowest BCUT2D eigenvalue weighted by atomic mass is 9.74. The summed E-state index contributed by atoms with van der Waals surface area (Å²) >= 11 is 0. The fraction of sp³-hybridized carbons (Fsp3) is 1.00. The van der Waals surface area contributed by atoms with Crippen LogP contribution >= 0.6 is 0 Å². The van der Waals surface area contributed by atoms with Gasteiger partial charge in [-0.05, 0) is 43.6 Å². The highest BCUT2D eigenvalue weighted by atomic mass is 15.0. The van der Waals surface area contributed by atoms with E-state index in [0.717, 1.165) is 18.5 Å². The van der Waals surface area contributed by atoms with Crippen LogP contribution < -0.4 is 11.1 Å². The van der Waals surface area contributed by atoms with Gasteiger partial charge >= 0.3 is 0 Å². The maximum atomic E-state index is 6.00. The SMILES string of the molecule is CCCC1CC1NCC1(CN)CCCCC1. The van der Waals surface area contributed by atoms with Gasteiger partial charge in [-0.3, -0.25) is 0 Å². The van der Waals surface area contributed by atoms with E-state index in [-0.39, 0.29) is 0 Å². The van der Waals surface area contributed by atoms with Gasteiger partial charge in [-0.2, -0.15) is 0 Å². The van der Waals surface area contributed by atoms with Gasteiger partial charge in [0.05, 0.1) is 0 Å². The summed E-state index contributed by atoms with van der Waals surface area (Å²) in [6.07, 6.45) is 11.1. The summed E-state index contributed by atoms with van der Waals surface area (Å²) < 4.78 is 0. The van der Waals surface area contributed by atoms with Gasteiger partial charge in [0, 0.05) is 12.6 Å². The van der Waals surface area contributed by atoms with E-state index < -0.39 is 0 Å². The third kappa shape index (κ3) is 2.98. The highest BCUT2D eigenvalue weighted by molar-refractivity contribution is 4.95. The van der Waals surface area contributed by atoms with Gasteiger partial charge in [0.25, 0.3) is 0 Å². The molecule has 0 aromatic heterocycles. The monoisotopic (exact) mass is 224 g/mol. The highest BCUT2D eigenvalue weighted by Gasteiger charge is 2.38. The van der Waals surface area contributed by atoms with Crippen LogP contribution in [0, 0.1) is 11.3 Å². The number of rotatable bonds is 6. The lowest BCUT2D eigenvalue weighted by Gasteiger charge is -2.36. The normalized spacial score (nSPS) is 32.6. The van der Waals surface area contributed by atoms with E-state index in [2.05, 4.69) is 12.2 Å². The second-order valence-corrected chi connectivity index (χ2v) is 6.04. The third-order valence-electron chi connectivity index (χ3n) is 4.67. The van der Waals surface area contributed by atoms with Gasteiger partial charge in [0.15, 0.2) is 0 Å². The molecule has 0 bridgehead atoms. The van der Waals surface area contributed by atoms with E-state index in [1.54, 1.807) is 0 Å². The molecule has 2 saturated carbocycles. The molecule has 0 spiro atoms. The van der Waals surface area contributed by atoms with Gasteiger partial charge < -0.3 is 11.1 Å². The van der Waals surface area contributed by atoms with E-state index in [1.807, 2.05) is 0 Å². The predicted molar refractivity (Wildman–Crippen MR) is 69.4 cm³/mol. The molecule has 3 N–H and O–H groups in total. The average Bonchev–Trinajstić information content (AvgIpc) is 3.07. The minimum atomic E-state index is 0.442. The highest BCUT2D eigenvalue weighted by Crippen LogP contribution is 2.38. The number of nitrogens with one attached hydrogen (secondary N) is 1. The molecule has 2 fully saturated rings. The largest absolute Gasteiger partial charge is 0.330 e. The molecule has 2 atom stereocenters. The minimum absolute atomic E-state index is 0.442. The predicted octanol–water partition coefficient (Wildman–Crippen LogP) is 2.67. The first-order valence-electron chi connectivity index (χ1n) is 7.23. The second-order valence-electron chi connectivity index (χ2n) is 6.04. The number of nitrogens with two attached hydrogens (primary N) is 1. The molecule has 0 amide bonds. The van der Waals surface area contributed by atoms with Crippen molar-refractivity contribution in [3.05, 3.63) is 0 Å². The Labute approximate surface area is 100 Å². The molecule has 0 heterocycles. The lowest BCUT2D eigenvalue weighted by Crippen LogP contribution is -2.42. The van der Waals surface area contributed by atoms with Gasteiger partial charge in [-0.1, -0.05) is 32.6 Å². The Bertz CT molecular complexity index is 209. The first-order chi connectivity index (χ1) is 7.79. The van der Waals surface area contributed by atoms with Crippen molar-refractivity contribution >= 4 is 0 Å². The van der Waals surface area contributed by atoms with Crippen LogP contribution in [0.1, 0.15) is 58.3 Å². The van der Waals surface area contributed by atoms with Crippen LogP contribution in [-0.2, 0) is 0 Å². The van der Waals surface area contributed by atoms with Crippen molar-refractivity contribution in [2.45, 2.75) is 64.3 Å². The molecule has 2 heteroatoms. The Morgan fingerprint density at radius 2 is 2.00 bits per heavy atom. The van der Waals surface area contributed by atoms with Crippen molar-refractivity contribution in [1.29, 1.82) is 0 Å². The molecule has 2 aliphatic carbocycles. The smallest absolute Gasteiger partial charge is 0.00993 e. The summed E-state index contributed by atoms with van der Waals surface area (Å²) in [5, 5.41) is 3.77. The van der Waals surface area contributed by atoms with E-state index in [0.29, 0.717) is 5.41 Å². The molecule has 0 radical (unpaired) electrons. The molecule has 16 heavy (non-hydrogen) atoms. The van der Waals surface area contributed by atoms with Gasteiger partial charge in [0.1, 0.15) is 0 Å². The van der Waals surface area contributed by atoms with Gasteiger partial charge in [-0.15, -0.1) is 0 Å². The first-order valence-corrected chi connectivity index (χ1v) is 7.23. The van der Waals surface area contributed by atoms with Crippen LogP contribution in [0.4, 0.5) is 0 Å². The zero-order valence-corrected chi connectivity index (χ0v) is 10.8. The molecular formula is C14H28N2. The van der Waals surface area contributed by atoms with Crippen LogP contribution in [0.2, 0.25) is 0 Å².